The Morgan fingerprint density at radius 1 is 0.781 bits per heavy atom. The minimum absolute atomic E-state index is 0.00167. The first-order valence-electron chi connectivity index (χ1n) is 11.4. The lowest BCUT2D eigenvalue weighted by Crippen LogP contribution is -2.47. The zero-order valence-electron chi connectivity index (χ0n) is 20.1. The lowest BCUT2D eigenvalue weighted by atomic mass is 10.5. The number of fused-ring (bicyclic) bond motifs is 2. The molecule has 32 heavy (non-hydrogen) atoms. The third kappa shape index (κ3) is 5.11. The molecule has 0 atom stereocenters. The molecular formula is C25H36N4O2Si. The standard InChI is InChI=1S/C17H28N2OSi.C8H8N2O/c1-13(2)21(14(3)4,15(5)6)20-12-16-11-19-10-8-7-9-17(19)18-16;11-6-7-5-10-4-2-1-3-8(10)9-7/h7-11,13-15H,12H2,1-6H3;1-5,11H,6H2. The molecule has 0 fully saturated rings. The van der Waals surface area contributed by atoms with Crippen LogP contribution < -0.4 is 0 Å². The Labute approximate surface area is 192 Å². The fraction of sp³-hybridized carbons (Fsp3) is 0.440. The van der Waals surface area contributed by atoms with Gasteiger partial charge in [-0.25, -0.2) is 9.97 Å². The molecule has 0 spiro atoms. The van der Waals surface area contributed by atoms with Gasteiger partial charge in [-0.05, 0) is 40.9 Å². The van der Waals surface area contributed by atoms with Crippen LogP contribution in [0.25, 0.3) is 11.3 Å². The fourth-order valence-corrected chi connectivity index (χ4v) is 10.2. The molecule has 172 valence electrons. The monoisotopic (exact) mass is 452 g/mol. The lowest BCUT2D eigenvalue weighted by Gasteiger charge is -2.42. The third-order valence-electron chi connectivity index (χ3n) is 6.17. The molecule has 0 aliphatic heterocycles. The van der Waals surface area contributed by atoms with E-state index in [2.05, 4.69) is 62.1 Å². The molecule has 1 N–H and O–H groups in total. The molecule has 0 unspecified atom stereocenters. The summed E-state index contributed by atoms with van der Waals surface area (Å²) in [5.41, 5.74) is 5.41. The average Bonchev–Trinajstić information content (AvgIpc) is 3.37. The van der Waals surface area contributed by atoms with Crippen LogP contribution in [-0.4, -0.2) is 32.2 Å². The van der Waals surface area contributed by atoms with Crippen LogP contribution in [0.15, 0.2) is 61.2 Å². The van der Waals surface area contributed by atoms with E-state index in [-0.39, 0.29) is 6.61 Å². The highest BCUT2D eigenvalue weighted by Crippen LogP contribution is 2.42. The van der Waals surface area contributed by atoms with Gasteiger partial charge in [-0.2, -0.15) is 0 Å². The summed E-state index contributed by atoms with van der Waals surface area (Å²) in [5.74, 6) is 0. The van der Waals surface area contributed by atoms with Gasteiger partial charge in [0, 0.05) is 24.8 Å². The van der Waals surface area contributed by atoms with Crippen LogP contribution in [-0.2, 0) is 17.6 Å². The lowest BCUT2D eigenvalue weighted by molar-refractivity contribution is 0.262. The molecule has 0 aliphatic carbocycles. The second-order valence-corrected chi connectivity index (χ2v) is 14.6. The number of aliphatic hydroxyl groups is 1. The largest absolute Gasteiger partial charge is 0.410 e. The van der Waals surface area contributed by atoms with Gasteiger partial charge in [-0.15, -0.1) is 0 Å². The topological polar surface area (TPSA) is 64.1 Å². The van der Waals surface area contributed by atoms with Gasteiger partial charge in [0.25, 0.3) is 0 Å². The number of imidazole rings is 2. The van der Waals surface area contributed by atoms with Crippen LogP contribution in [0.2, 0.25) is 16.6 Å². The first kappa shape index (κ1) is 24.2. The first-order valence-corrected chi connectivity index (χ1v) is 13.5. The maximum atomic E-state index is 8.76. The summed E-state index contributed by atoms with van der Waals surface area (Å²) < 4.78 is 10.5. The number of nitrogens with zero attached hydrogens (tertiary/aromatic N) is 4. The normalized spacial score (nSPS) is 12.2. The predicted octanol–water partition coefficient (Wildman–Crippen LogP) is 5.85. The van der Waals surface area contributed by atoms with E-state index in [0.717, 1.165) is 17.0 Å². The molecule has 0 saturated carbocycles. The van der Waals surface area contributed by atoms with Gasteiger partial charge >= 0.3 is 0 Å². The molecule has 0 amide bonds. The Kier molecular flexibility index (Phi) is 7.87. The summed E-state index contributed by atoms with van der Waals surface area (Å²) in [6, 6.07) is 11.8. The smallest absolute Gasteiger partial charge is 0.200 e. The van der Waals surface area contributed by atoms with Crippen molar-refractivity contribution in [3.63, 3.8) is 0 Å². The molecule has 0 bridgehead atoms. The summed E-state index contributed by atoms with van der Waals surface area (Å²) in [6.45, 7) is 14.5. The number of aliphatic hydroxyl groups excluding tert-OH is 1. The van der Waals surface area contributed by atoms with Crippen molar-refractivity contribution in [2.75, 3.05) is 0 Å². The van der Waals surface area contributed by atoms with Gasteiger partial charge < -0.3 is 18.3 Å². The zero-order valence-corrected chi connectivity index (χ0v) is 21.1. The van der Waals surface area contributed by atoms with Crippen molar-refractivity contribution in [2.45, 2.75) is 71.4 Å². The maximum absolute atomic E-state index is 8.76. The molecule has 0 radical (unpaired) electrons. The first-order chi connectivity index (χ1) is 15.3. The average molecular weight is 453 g/mol. The Morgan fingerprint density at radius 2 is 1.25 bits per heavy atom. The maximum Gasteiger partial charge on any atom is 0.200 e. The van der Waals surface area contributed by atoms with E-state index in [4.69, 9.17) is 9.53 Å². The SMILES string of the molecule is CC(C)[Si](OCc1cn2ccccc2n1)(C(C)C)C(C)C.OCc1cn2ccccc2n1. The van der Waals surface area contributed by atoms with E-state index < -0.39 is 8.32 Å². The van der Waals surface area contributed by atoms with Crippen LogP contribution in [0.5, 0.6) is 0 Å². The van der Waals surface area contributed by atoms with Gasteiger partial charge in [0.2, 0.25) is 8.32 Å². The predicted molar refractivity (Wildman–Crippen MR) is 132 cm³/mol. The fourth-order valence-electron chi connectivity index (χ4n) is 4.82. The van der Waals surface area contributed by atoms with Crippen molar-refractivity contribution in [2.24, 2.45) is 0 Å². The Balaban J connectivity index is 0.000000219. The van der Waals surface area contributed by atoms with Crippen molar-refractivity contribution in [3.8, 4) is 0 Å². The highest BCUT2D eigenvalue weighted by atomic mass is 28.4. The van der Waals surface area contributed by atoms with Gasteiger partial charge in [0.1, 0.15) is 11.3 Å². The summed E-state index contributed by atoms with van der Waals surface area (Å²) in [6.07, 6.45) is 7.83. The van der Waals surface area contributed by atoms with Crippen molar-refractivity contribution in [1.29, 1.82) is 0 Å². The Hall–Kier alpha value is -2.48. The van der Waals surface area contributed by atoms with Crippen LogP contribution >= 0.6 is 0 Å². The van der Waals surface area contributed by atoms with Gasteiger partial charge in [-0.3, -0.25) is 0 Å². The van der Waals surface area contributed by atoms with Gasteiger partial charge in [-0.1, -0.05) is 53.7 Å². The van der Waals surface area contributed by atoms with Crippen LogP contribution in [0.4, 0.5) is 0 Å². The van der Waals surface area contributed by atoms with Crippen LogP contribution in [0.3, 0.4) is 0 Å². The molecule has 0 aliphatic rings. The molecule has 4 aromatic heterocycles. The van der Waals surface area contributed by atoms with E-state index in [9.17, 15) is 0 Å². The molecule has 6 nitrogen and oxygen atoms in total. The summed E-state index contributed by atoms with van der Waals surface area (Å²) in [5, 5.41) is 8.76. The highest BCUT2D eigenvalue weighted by molar-refractivity contribution is 6.77. The van der Waals surface area contributed by atoms with Crippen LogP contribution in [0.1, 0.15) is 52.9 Å². The second kappa shape index (κ2) is 10.4. The molecule has 7 heteroatoms. The molecule has 4 rings (SSSR count). The Morgan fingerprint density at radius 3 is 1.69 bits per heavy atom. The molecule has 0 saturated heterocycles. The number of hydrogen-bond donors (Lipinski definition) is 1. The highest BCUT2D eigenvalue weighted by Gasteiger charge is 2.45. The van der Waals surface area contributed by atoms with Crippen molar-refractivity contribution in [3.05, 3.63) is 72.6 Å². The molecule has 0 aromatic carbocycles. The third-order valence-corrected chi connectivity index (χ3v) is 12.2. The Bertz CT molecular complexity index is 1050. The minimum atomic E-state index is -1.81. The van der Waals surface area contributed by atoms with Gasteiger partial charge in [0.05, 0.1) is 24.6 Å². The quantitative estimate of drug-likeness (QED) is 0.357. The summed E-state index contributed by atoms with van der Waals surface area (Å²) >= 11 is 0. The van der Waals surface area contributed by atoms with E-state index >= 15 is 0 Å². The van der Waals surface area contributed by atoms with Gasteiger partial charge in [0.15, 0.2) is 0 Å². The zero-order chi connectivity index (χ0) is 23.3. The second-order valence-electron chi connectivity index (χ2n) is 9.16. The van der Waals surface area contributed by atoms with Crippen molar-refractivity contribution < 1.29 is 9.53 Å². The summed E-state index contributed by atoms with van der Waals surface area (Å²) in [4.78, 5) is 8.80. The van der Waals surface area contributed by atoms with Crippen molar-refractivity contribution in [1.82, 2.24) is 18.8 Å². The molecular weight excluding hydrogens is 416 g/mol. The number of pyridine rings is 2. The minimum Gasteiger partial charge on any atom is -0.410 e. The summed E-state index contributed by atoms with van der Waals surface area (Å²) in [7, 11) is -1.81. The molecule has 4 heterocycles. The van der Waals surface area contributed by atoms with Crippen LogP contribution in [0, 0.1) is 0 Å². The van der Waals surface area contributed by atoms with Crippen molar-refractivity contribution >= 4 is 19.6 Å². The van der Waals surface area contributed by atoms with E-state index in [1.54, 1.807) is 0 Å². The number of hydrogen-bond acceptors (Lipinski definition) is 4. The van der Waals surface area contributed by atoms with E-state index in [1.807, 2.05) is 59.4 Å². The number of aromatic nitrogens is 4. The van der Waals surface area contributed by atoms with E-state index in [0.29, 0.717) is 28.9 Å². The van der Waals surface area contributed by atoms with E-state index in [1.165, 1.54) is 0 Å². The number of rotatable bonds is 7. The molecule has 4 aromatic rings.